The molecule has 1 rings (SSSR count). The van der Waals surface area contributed by atoms with Gasteiger partial charge in [-0.25, -0.2) is 0 Å². The predicted molar refractivity (Wildman–Crippen MR) is 101 cm³/mol. The molecule has 26 heavy (non-hydrogen) atoms. The molecule has 5 heteroatoms. The van der Waals surface area contributed by atoms with Crippen molar-refractivity contribution in [2.75, 3.05) is 20.3 Å². The quantitative estimate of drug-likeness (QED) is 0.641. The molecule has 0 aliphatic carbocycles. The molecular formula is C21H32O5. The summed E-state index contributed by atoms with van der Waals surface area (Å²) in [5.74, 6) is -0.561. The summed E-state index contributed by atoms with van der Waals surface area (Å²) in [6, 6.07) is 10.1. The Morgan fingerprint density at radius 1 is 1.12 bits per heavy atom. The zero-order valence-corrected chi connectivity index (χ0v) is 16.6. The van der Waals surface area contributed by atoms with Crippen LogP contribution in [0.3, 0.4) is 0 Å². The van der Waals surface area contributed by atoms with Gasteiger partial charge in [-0.15, -0.1) is 0 Å². The number of rotatable bonds is 10. The number of aliphatic hydroxyl groups excluding tert-OH is 1. The van der Waals surface area contributed by atoms with Gasteiger partial charge in [0.25, 0.3) is 0 Å². The Labute approximate surface area is 156 Å². The largest absolute Gasteiger partial charge is 0.469 e. The van der Waals surface area contributed by atoms with E-state index < -0.39 is 16.8 Å². The molecule has 0 aromatic heterocycles. The number of hydrogen-bond donors (Lipinski definition) is 1. The van der Waals surface area contributed by atoms with Crippen LogP contribution in [0.15, 0.2) is 30.3 Å². The Morgan fingerprint density at radius 2 is 1.73 bits per heavy atom. The van der Waals surface area contributed by atoms with E-state index in [-0.39, 0.29) is 25.1 Å². The van der Waals surface area contributed by atoms with Crippen LogP contribution >= 0.6 is 0 Å². The van der Waals surface area contributed by atoms with Gasteiger partial charge < -0.3 is 14.6 Å². The monoisotopic (exact) mass is 364 g/mol. The van der Waals surface area contributed by atoms with E-state index in [0.717, 1.165) is 6.42 Å². The van der Waals surface area contributed by atoms with Gasteiger partial charge in [-0.3, -0.25) is 9.59 Å². The fraction of sp³-hybridized carbons (Fsp3) is 0.619. The standard InChI is InChI=1S/C21H32O5/c1-6-16(17-10-8-7-9-11-17)14-21(4,19(24)25-5)15-20(2,3)18(23)26-13-12-22/h7-11,16,22H,6,12-15H2,1-5H3. The number of methoxy groups -OCH3 is 1. The molecule has 0 heterocycles. The smallest absolute Gasteiger partial charge is 0.311 e. The van der Waals surface area contributed by atoms with E-state index >= 15 is 0 Å². The fourth-order valence-electron chi connectivity index (χ4n) is 3.62. The maximum atomic E-state index is 12.6. The molecule has 0 aliphatic heterocycles. The van der Waals surface area contributed by atoms with Gasteiger partial charge in [0.2, 0.25) is 0 Å². The summed E-state index contributed by atoms with van der Waals surface area (Å²) >= 11 is 0. The highest BCUT2D eigenvalue weighted by Gasteiger charge is 2.44. The van der Waals surface area contributed by atoms with Gasteiger partial charge in [0, 0.05) is 0 Å². The average molecular weight is 364 g/mol. The summed E-state index contributed by atoms with van der Waals surface area (Å²) in [5.41, 5.74) is -0.522. The van der Waals surface area contributed by atoms with Crippen LogP contribution in [0.2, 0.25) is 0 Å². The minimum atomic E-state index is -0.868. The molecule has 146 valence electrons. The van der Waals surface area contributed by atoms with Crippen LogP contribution < -0.4 is 0 Å². The van der Waals surface area contributed by atoms with Crippen LogP contribution in [-0.4, -0.2) is 37.4 Å². The number of esters is 2. The van der Waals surface area contributed by atoms with Crippen LogP contribution in [0.25, 0.3) is 0 Å². The second-order valence-electron chi connectivity index (χ2n) is 7.69. The van der Waals surface area contributed by atoms with E-state index in [4.69, 9.17) is 14.6 Å². The normalized spacial score (nSPS) is 15.0. The highest BCUT2D eigenvalue weighted by atomic mass is 16.5. The van der Waals surface area contributed by atoms with Gasteiger partial charge in [0.15, 0.2) is 0 Å². The van der Waals surface area contributed by atoms with Gasteiger partial charge in [-0.1, -0.05) is 37.3 Å². The Bertz CT molecular complexity index is 581. The number of hydrogen-bond acceptors (Lipinski definition) is 5. The molecule has 0 amide bonds. The summed E-state index contributed by atoms with van der Waals surface area (Å²) in [5, 5.41) is 8.87. The van der Waals surface area contributed by atoms with Gasteiger partial charge in [-0.05, 0) is 51.5 Å². The molecule has 0 spiro atoms. The fourth-order valence-corrected chi connectivity index (χ4v) is 3.62. The van der Waals surface area contributed by atoms with E-state index in [1.165, 1.54) is 12.7 Å². The lowest BCUT2D eigenvalue weighted by atomic mass is 9.68. The third-order valence-electron chi connectivity index (χ3n) is 4.85. The topological polar surface area (TPSA) is 72.8 Å². The molecule has 1 aromatic carbocycles. The molecule has 2 unspecified atom stereocenters. The van der Waals surface area contributed by atoms with Crippen LogP contribution in [-0.2, 0) is 19.1 Å². The minimum absolute atomic E-state index is 0.0429. The van der Waals surface area contributed by atoms with Crippen LogP contribution in [0, 0.1) is 10.8 Å². The summed E-state index contributed by atoms with van der Waals surface area (Å²) in [7, 11) is 1.38. The van der Waals surface area contributed by atoms with E-state index in [2.05, 4.69) is 19.1 Å². The summed E-state index contributed by atoms with van der Waals surface area (Å²) in [4.78, 5) is 25.0. The van der Waals surface area contributed by atoms with Crippen molar-refractivity contribution in [1.29, 1.82) is 0 Å². The highest BCUT2D eigenvalue weighted by molar-refractivity contribution is 5.80. The van der Waals surface area contributed by atoms with E-state index in [0.29, 0.717) is 12.8 Å². The first kappa shape index (κ1) is 22.2. The van der Waals surface area contributed by atoms with E-state index in [1.807, 2.05) is 25.1 Å². The van der Waals surface area contributed by atoms with Crippen LogP contribution in [0.4, 0.5) is 0 Å². The molecule has 1 N–H and O–H groups in total. The summed E-state index contributed by atoms with van der Waals surface area (Å²) < 4.78 is 10.2. The Balaban J connectivity index is 3.06. The predicted octanol–water partition coefficient (Wildman–Crippen LogP) is 3.70. The summed E-state index contributed by atoms with van der Waals surface area (Å²) in [6.07, 6.45) is 1.77. The van der Waals surface area contributed by atoms with Crippen molar-refractivity contribution in [2.45, 2.75) is 52.9 Å². The van der Waals surface area contributed by atoms with Crippen molar-refractivity contribution in [3.63, 3.8) is 0 Å². The first-order chi connectivity index (χ1) is 12.2. The molecule has 0 saturated heterocycles. The number of benzene rings is 1. The van der Waals surface area contributed by atoms with Crippen molar-refractivity contribution in [3.8, 4) is 0 Å². The molecule has 0 fully saturated rings. The molecular weight excluding hydrogens is 332 g/mol. The zero-order chi connectivity index (χ0) is 19.8. The maximum Gasteiger partial charge on any atom is 0.311 e. The van der Waals surface area contributed by atoms with Gasteiger partial charge in [0.05, 0.1) is 24.5 Å². The number of carbonyl (C=O) groups is 2. The lowest BCUT2D eigenvalue weighted by molar-refractivity contribution is -0.162. The molecule has 0 bridgehead atoms. The first-order valence-corrected chi connectivity index (χ1v) is 9.11. The van der Waals surface area contributed by atoms with E-state index in [1.54, 1.807) is 13.8 Å². The van der Waals surface area contributed by atoms with Crippen LogP contribution in [0.1, 0.15) is 58.4 Å². The van der Waals surface area contributed by atoms with Gasteiger partial charge in [0.1, 0.15) is 6.61 Å². The second-order valence-corrected chi connectivity index (χ2v) is 7.69. The lowest BCUT2D eigenvalue weighted by Crippen LogP contribution is -2.39. The maximum absolute atomic E-state index is 12.6. The third-order valence-corrected chi connectivity index (χ3v) is 4.85. The van der Waals surface area contributed by atoms with Gasteiger partial charge >= 0.3 is 11.9 Å². The van der Waals surface area contributed by atoms with Gasteiger partial charge in [-0.2, -0.15) is 0 Å². The molecule has 1 aromatic rings. The van der Waals surface area contributed by atoms with Crippen molar-refractivity contribution in [3.05, 3.63) is 35.9 Å². The molecule has 5 nitrogen and oxygen atoms in total. The number of carbonyl (C=O) groups excluding carboxylic acids is 2. The van der Waals surface area contributed by atoms with Crippen molar-refractivity contribution >= 4 is 11.9 Å². The Morgan fingerprint density at radius 3 is 2.23 bits per heavy atom. The minimum Gasteiger partial charge on any atom is -0.469 e. The Hall–Kier alpha value is -1.88. The number of ether oxygens (including phenoxy) is 2. The van der Waals surface area contributed by atoms with Crippen molar-refractivity contribution in [1.82, 2.24) is 0 Å². The number of aliphatic hydroxyl groups is 1. The molecule has 0 aliphatic rings. The van der Waals surface area contributed by atoms with Crippen LogP contribution in [0.5, 0.6) is 0 Å². The van der Waals surface area contributed by atoms with Crippen molar-refractivity contribution < 1.29 is 24.2 Å². The van der Waals surface area contributed by atoms with Crippen molar-refractivity contribution in [2.24, 2.45) is 10.8 Å². The molecule has 0 radical (unpaired) electrons. The SMILES string of the molecule is CCC(CC(C)(CC(C)(C)C(=O)OCCO)C(=O)OC)c1ccccc1. The summed E-state index contributed by atoms with van der Waals surface area (Å²) in [6.45, 7) is 7.21. The lowest BCUT2D eigenvalue weighted by Gasteiger charge is -2.36. The highest BCUT2D eigenvalue weighted by Crippen LogP contribution is 2.43. The second kappa shape index (κ2) is 9.72. The average Bonchev–Trinajstić information content (AvgIpc) is 2.63. The zero-order valence-electron chi connectivity index (χ0n) is 16.6. The third kappa shape index (κ3) is 5.84. The Kier molecular flexibility index (Phi) is 8.28. The molecule has 0 saturated carbocycles. The van der Waals surface area contributed by atoms with E-state index in [9.17, 15) is 9.59 Å². The molecule has 2 atom stereocenters. The first-order valence-electron chi connectivity index (χ1n) is 9.11.